The van der Waals surface area contributed by atoms with Gasteiger partial charge in [0.1, 0.15) is 0 Å². The van der Waals surface area contributed by atoms with Crippen molar-refractivity contribution in [2.24, 2.45) is 5.92 Å². The molecule has 1 unspecified atom stereocenters. The molecule has 3 heteroatoms. The van der Waals surface area contributed by atoms with Crippen LogP contribution in [0.15, 0.2) is 12.2 Å². The number of rotatable bonds is 3. The van der Waals surface area contributed by atoms with Gasteiger partial charge in [-0.1, -0.05) is 12.2 Å². The van der Waals surface area contributed by atoms with E-state index < -0.39 is 0 Å². The van der Waals surface area contributed by atoms with Gasteiger partial charge in [-0.3, -0.25) is 4.79 Å². The number of carbonyl (C=O) groups is 1. The van der Waals surface area contributed by atoms with Crippen molar-refractivity contribution < 1.29 is 9.90 Å². The van der Waals surface area contributed by atoms with E-state index in [0.29, 0.717) is 6.54 Å². The van der Waals surface area contributed by atoms with Gasteiger partial charge in [0, 0.05) is 12.5 Å². The van der Waals surface area contributed by atoms with E-state index in [1.807, 2.05) is 0 Å². The van der Waals surface area contributed by atoms with E-state index >= 15 is 0 Å². The summed E-state index contributed by atoms with van der Waals surface area (Å²) in [7, 11) is 0. The van der Waals surface area contributed by atoms with Crippen LogP contribution in [0.1, 0.15) is 25.7 Å². The Bertz CT molecular complexity index is 201. The third kappa shape index (κ3) is 3.19. The number of hydrogen-bond acceptors (Lipinski definition) is 2. The maximum Gasteiger partial charge on any atom is 0.223 e. The van der Waals surface area contributed by atoms with Gasteiger partial charge in [-0.25, -0.2) is 0 Å². The normalized spacial score (nSPS) is 22.8. The van der Waals surface area contributed by atoms with Crippen molar-refractivity contribution in [3.8, 4) is 0 Å². The summed E-state index contributed by atoms with van der Waals surface area (Å²) in [4.78, 5) is 11.4. The predicted octanol–water partition coefficient (Wildman–Crippen LogP) is 0.841. The molecule has 0 aromatic carbocycles. The molecule has 0 saturated heterocycles. The molecule has 0 aromatic heterocycles. The van der Waals surface area contributed by atoms with Crippen LogP contribution >= 0.6 is 0 Å². The maximum atomic E-state index is 11.4. The Labute approximate surface area is 78.8 Å². The molecule has 13 heavy (non-hydrogen) atoms. The highest BCUT2D eigenvalue weighted by Crippen LogP contribution is 2.26. The number of amides is 1. The van der Waals surface area contributed by atoms with Crippen LogP contribution in [0.25, 0.3) is 0 Å². The van der Waals surface area contributed by atoms with Crippen LogP contribution in [0.5, 0.6) is 0 Å². The van der Waals surface area contributed by atoms with E-state index in [4.69, 9.17) is 5.11 Å². The van der Waals surface area contributed by atoms with Crippen LogP contribution in [-0.2, 0) is 4.79 Å². The fourth-order valence-corrected chi connectivity index (χ4v) is 1.70. The number of carbonyl (C=O) groups excluding carboxylic acids is 1. The standard InChI is InChI=1S/C10H17NO2/c1-8-3-2-4-9(7-8)10(13)11-5-6-12/h9,12H,1-7H2,(H,11,13). The van der Waals surface area contributed by atoms with E-state index in [1.54, 1.807) is 0 Å². The Hall–Kier alpha value is -0.830. The lowest BCUT2D eigenvalue weighted by Crippen LogP contribution is -2.34. The summed E-state index contributed by atoms with van der Waals surface area (Å²) >= 11 is 0. The van der Waals surface area contributed by atoms with Crippen molar-refractivity contribution in [1.29, 1.82) is 0 Å². The minimum absolute atomic E-state index is 0.0133. The smallest absolute Gasteiger partial charge is 0.223 e. The first-order valence-corrected chi connectivity index (χ1v) is 4.79. The molecule has 1 aliphatic carbocycles. The quantitative estimate of drug-likeness (QED) is 0.637. The van der Waals surface area contributed by atoms with Gasteiger partial charge in [-0.15, -0.1) is 0 Å². The zero-order chi connectivity index (χ0) is 9.68. The Morgan fingerprint density at radius 1 is 1.69 bits per heavy atom. The van der Waals surface area contributed by atoms with Crippen LogP contribution in [0.2, 0.25) is 0 Å². The number of hydrogen-bond donors (Lipinski definition) is 2. The molecule has 74 valence electrons. The van der Waals surface area contributed by atoms with Crippen molar-refractivity contribution >= 4 is 5.91 Å². The van der Waals surface area contributed by atoms with E-state index in [9.17, 15) is 4.79 Å². The summed E-state index contributed by atoms with van der Waals surface area (Å²) in [6.45, 7) is 4.27. The first kappa shape index (κ1) is 10.3. The van der Waals surface area contributed by atoms with Crippen molar-refractivity contribution in [1.82, 2.24) is 5.32 Å². The third-order valence-electron chi connectivity index (χ3n) is 2.40. The predicted molar refractivity (Wildman–Crippen MR) is 51.2 cm³/mol. The highest BCUT2D eigenvalue weighted by Gasteiger charge is 2.22. The lowest BCUT2D eigenvalue weighted by Gasteiger charge is -2.22. The molecule has 1 fully saturated rings. The summed E-state index contributed by atoms with van der Waals surface area (Å²) in [6.07, 6.45) is 3.90. The van der Waals surface area contributed by atoms with Crippen LogP contribution < -0.4 is 5.32 Å². The summed E-state index contributed by atoms with van der Waals surface area (Å²) in [5.74, 6) is 0.155. The minimum atomic E-state index is 0.0133. The highest BCUT2D eigenvalue weighted by molar-refractivity contribution is 5.79. The monoisotopic (exact) mass is 183 g/mol. The average Bonchev–Trinajstić information content (AvgIpc) is 2.14. The van der Waals surface area contributed by atoms with Gasteiger partial charge < -0.3 is 10.4 Å². The van der Waals surface area contributed by atoms with Gasteiger partial charge in [0.05, 0.1) is 6.61 Å². The van der Waals surface area contributed by atoms with Gasteiger partial charge in [0.2, 0.25) is 5.91 Å². The SMILES string of the molecule is C=C1CCCC(C(=O)NCCO)C1. The van der Waals surface area contributed by atoms with Gasteiger partial charge in [0.25, 0.3) is 0 Å². The van der Waals surface area contributed by atoms with Crippen LogP contribution in [0.3, 0.4) is 0 Å². The molecule has 1 atom stereocenters. The maximum absolute atomic E-state index is 11.4. The Morgan fingerprint density at radius 3 is 3.08 bits per heavy atom. The zero-order valence-electron chi connectivity index (χ0n) is 7.88. The van der Waals surface area contributed by atoms with Gasteiger partial charge in [-0.2, -0.15) is 0 Å². The second kappa shape index (κ2) is 5.02. The topological polar surface area (TPSA) is 49.3 Å². The summed E-state index contributed by atoms with van der Waals surface area (Å²) in [5, 5.41) is 11.2. The fraction of sp³-hybridized carbons (Fsp3) is 0.700. The summed E-state index contributed by atoms with van der Waals surface area (Å²) in [5.41, 5.74) is 1.18. The van der Waals surface area contributed by atoms with Gasteiger partial charge in [0.15, 0.2) is 0 Å². The molecule has 1 rings (SSSR count). The second-order valence-electron chi connectivity index (χ2n) is 3.56. The fourth-order valence-electron chi connectivity index (χ4n) is 1.70. The van der Waals surface area contributed by atoms with Crippen LogP contribution in [0, 0.1) is 5.92 Å². The number of nitrogens with one attached hydrogen (secondary N) is 1. The number of allylic oxidation sites excluding steroid dienone is 1. The Balaban J connectivity index is 2.32. The molecular formula is C10H17NO2. The number of aliphatic hydroxyl groups excluding tert-OH is 1. The van der Waals surface area contributed by atoms with Crippen LogP contribution in [-0.4, -0.2) is 24.2 Å². The van der Waals surface area contributed by atoms with Crippen molar-refractivity contribution in [2.45, 2.75) is 25.7 Å². The first-order chi connectivity index (χ1) is 6.24. The molecule has 0 aromatic rings. The minimum Gasteiger partial charge on any atom is -0.395 e. The Kier molecular flexibility index (Phi) is 3.96. The van der Waals surface area contributed by atoms with Crippen molar-refractivity contribution in [3.63, 3.8) is 0 Å². The van der Waals surface area contributed by atoms with Crippen molar-refractivity contribution in [3.05, 3.63) is 12.2 Å². The summed E-state index contributed by atoms with van der Waals surface area (Å²) < 4.78 is 0. The van der Waals surface area contributed by atoms with E-state index in [-0.39, 0.29) is 18.4 Å². The van der Waals surface area contributed by atoms with Crippen LogP contribution in [0.4, 0.5) is 0 Å². The molecule has 0 spiro atoms. The van der Waals surface area contributed by atoms with Gasteiger partial charge in [-0.05, 0) is 25.7 Å². The van der Waals surface area contributed by atoms with Gasteiger partial charge >= 0.3 is 0 Å². The molecule has 3 nitrogen and oxygen atoms in total. The Morgan fingerprint density at radius 2 is 2.46 bits per heavy atom. The molecule has 1 saturated carbocycles. The zero-order valence-corrected chi connectivity index (χ0v) is 7.88. The molecule has 0 heterocycles. The van der Waals surface area contributed by atoms with E-state index in [1.165, 1.54) is 5.57 Å². The lowest BCUT2D eigenvalue weighted by molar-refractivity contribution is -0.125. The average molecular weight is 183 g/mol. The number of aliphatic hydroxyl groups is 1. The summed E-state index contributed by atoms with van der Waals surface area (Å²) in [6, 6.07) is 0. The molecule has 1 amide bonds. The molecule has 0 radical (unpaired) electrons. The first-order valence-electron chi connectivity index (χ1n) is 4.79. The molecule has 0 bridgehead atoms. The molecule has 2 N–H and O–H groups in total. The molecular weight excluding hydrogens is 166 g/mol. The van der Waals surface area contributed by atoms with E-state index in [2.05, 4.69) is 11.9 Å². The third-order valence-corrected chi connectivity index (χ3v) is 2.40. The van der Waals surface area contributed by atoms with E-state index in [0.717, 1.165) is 25.7 Å². The lowest BCUT2D eigenvalue weighted by atomic mass is 9.86. The van der Waals surface area contributed by atoms with Crippen molar-refractivity contribution in [2.75, 3.05) is 13.2 Å². The largest absolute Gasteiger partial charge is 0.395 e. The molecule has 1 aliphatic rings. The highest BCUT2D eigenvalue weighted by atomic mass is 16.3. The molecule has 0 aliphatic heterocycles. The second-order valence-corrected chi connectivity index (χ2v) is 3.56.